The standard InChI is InChI=1S/C16H30N2O3/c1-4-21-16(20)12-18(11-13(2)3)15(19)6-5-14-7-9-17-10-8-14/h13-14,17H,4-12H2,1-3H3. The van der Waals surface area contributed by atoms with Crippen molar-refractivity contribution >= 4 is 11.9 Å². The smallest absolute Gasteiger partial charge is 0.325 e. The number of amides is 1. The van der Waals surface area contributed by atoms with E-state index in [1.165, 1.54) is 0 Å². The molecule has 0 radical (unpaired) electrons. The molecule has 1 amide bonds. The van der Waals surface area contributed by atoms with E-state index in [-0.39, 0.29) is 18.4 Å². The predicted octanol–water partition coefficient (Wildman–Crippen LogP) is 1.81. The number of ether oxygens (including phenoxy) is 1. The van der Waals surface area contributed by atoms with Crippen molar-refractivity contribution in [2.24, 2.45) is 11.8 Å². The maximum atomic E-state index is 12.4. The van der Waals surface area contributed by atoms with Crippen LogP contribution in [-0.2, 0) is 14.3 Å². The highest BCUT2D eigenvalue weighted by Gasteiger charge is 2.21. The zero-order chi connectivity index (χ0) is 15.7. The fourth-order valence-electron chi connectivity index (χ4n) is 2.71. The molecule has 0 unspecified atom stereocenters. The van der Waals surface area contributed by atoms with Crippen molar-refractivity contribution in [1.29, 1.82) is 0 Å². The number of carbonyl (C=O) groups is 2. The second-order valence-electron chi connectivity index (χ2n) is 6.21. The highest BCUT2D eigenvalue weighted by atomic mass is 16.5. The summed E-state index contributed by atoms with van der Waals surface area (Å²) in [6.07, 6.45) is 3.76. The highest BCUT2D eigenvalue weighted by Crippen LogP contribution is 2.18. The van der Waals surface area contributed by atoms with Gasteiger partial charge in [0.25, 0.3) is 0 Å². The van der Waals surface area contributed by atoms with Gasteiger partial charge in [-0.25, -0.2) is 0 Å². The van der Waals surface area contributed by atoms with Crippen molar-refractivity contribution in [2.45, 2.75) is 46.5 Å². The van der Waals surface area contributed by atoms with Gasteiger partial charge in [-0.15, -0.1) is 0 Å². The van der Waals surface area contributed by atoms with Crippen molar-refractivity contribution in [3.05, 3.63) is 0 Å². The number of nitrogens with zero attached hydrogens (tertiary/aromatic N) is 1. The first kappa shape index (κ1) is 18.0. The van der Waals surface area contributed by atoms with Crippen LogP contribution >= 0.6 is 0 Å². The minimum atomic E-state index is -0.312. The number of piperidine rings is 1. The van der Waals surface area contributed by atoms with Gasteiger partial charge in [0.2, 0.25) is 5.91 Å². The number of rotatable bonds is 8. The minimum absolute atomic E-state index is 0.0790. The number of carbonyl (C=O) groups excluding carboxylic acids is 2. The van der Waals surface area contributed by atoms with Crippen LogP contribution in [0.3, 0.4) is 0 Å². The number of nitrogens with one attached hydrogen (secondary N) is 1. The first-order valence-corrected chi connectivity index (χ1v) is 8.17. The molecule has 1 fully saturated rings. The summed E-state index contributed by atoms with van der Waals surface area (Å²) in [4.78, 5) is 25.6. The Balaban J connectivity index is 2.43. The Labute approximate surface area is 128 Å². The van der Waals surface area contributed by atoms with Gasteiger partial charge in [-0.2, -0.15) is 0 Å². The number of hydrogen-bond acceptors (Lipinski definition) is 4. The van der Waals surface area contributed by atoms with E-state index in [0.29, 0.717) is 31.4 Å². The largest absolute Gasteiger partial charge is 0.465 e. The molecule has 1 aliphatic heterocycles. The van der Waals surface area contributed by atoms with Gasteiger partial charge in [-0.3, -0.25) is 9.59 Å². The van der Waals surface area contributed by atoms with Crippen LogP contribution in [0.5, 0.6) is 0 Å². The molecule has 1 N–H and O–H groups in total. The average molecular weight is 298 g/mol. The number of esters is 1. The summed E-state index contributed by atoms with van der Waals surface area (Å²) in [7, 11) is 0. The van der Waals surface area contributed by atoms with Gasteiger partial charge in [-0.1, -0.05) is 13.8 Å². The summed E-state index contributed by atoms with van der Waals surface area (Å²) < 4.78 is 4.96. The molecule has 5 heteroatoms. The molecule has 0 atom stereocenters. The van der Waals surface area contributed by atoms with Gasteiger partial charge in [-0.05, 0) is 51.1 Å². The molecule has 1 saturated heterocycles. The van der Waals surface area contributed by atoms with Crippen molar-refractivity contribution in [2.75, 3.05) is 32.8 Å². The van der Waals surface area contributed by atoms with Gasteiger partial charge in [0.15, 0.2) is 0 Å². The first-order valence-electron chi connectivity index (χ1n) is 8.17. The van der Waals surface area contributed by atoms with Crippen molar-refractivity contribution in [3.63, 3.8) is 0 Å². The molecule has 0 spiro atoms. The van der Waals surface area contributed by atoms with Crippen LogP contribution in [0.15, 0.2) is 0 Å². The van der Waals surface area contributed by atoms with Crippen molar-refractivity contribution in [1.82, 2.24) is 10.2 Å². The predicted molar refractivity (Wildman–Crippen MR) is 82.9 cm³/mol. The second-order valence-corrected chi connectivity index (χ2v) is 6.21. The Bertz CT molecular complexity index is 325. The number of hydrogen-bond donors (Lipinski definition) is 1. The van der Waals surface area contributed by atoms with Gasteiger partial charge in [0.05, 0.1) is 6.61 Å². The van der Waals surface area contributed by atoms with E-state index in [9.17, 15) is 9.59 Å². The van der Waals surface area contributed by atoms with E-state index in [1.54, 1.807) is 11.8 Å². The van der Waals surface area contributed by atoms with Crippen LogP contribution in [-0.4, -0.2) is 49.6 Å². The molecule has 1 heterocycles. The lowest BCUT2D eigenvalue weighted by molar-refractivity contribution is -0.149. The third kappa shape index (κ3) is 7.46. The van der Waals surface area contributed by atoms with Crippen molar-refractivity contribution in [3.8, 4) is 0 Å². The maximum absolute atomic E-state index is 12.4. The van der Waals surface area contributed by atoms with E-state index in [1.807, 2.05) is 0 Å². The summed E-state index contributed by atoms with van der Waals surface area (Å²) in [5.41, 5.74) is 0. The van der Waals surface area contributed by atoms with Crippen LogP contribution in [0.2, 0.25) is 0 Å². The summed E-state index contributed by atoms with van der Waals surface area (Å²) in [5, 5.41) is 3.33. The molecule has 1 aliphatic rings. The topological polar surface area (TPSA) is 58.6 Å². The lowest BCUT2D eigenvalue weighted by Crippen LogP contribution is -2.39. The third-order valence-electron chi connectivity index (χ3n) is 3.79. The Morgan fingerprint density at radius 2 is 1.95 bits per heavy atom. The van der Waals surface area contributed by atoms with E-state index < -0.39 is 0 Å². The zero-order valence-corrected chi connectivity index (χ0v) is 13.7. The zero-order valence-electron chi connectivity index (χ0n) is 13.7. The lowest BCUT2D eigenvalue weighted by Gasteiger charge is -2.26. The Kier molecular flexibility index (Phi) is 8.35. The molecule has 21 heavy (non-hydrogen) atoms. The fraction of sp³-hybridized carbons (Fsp3) is 0.875. The average Bonchev–Trinajstić information content (AvgIpc) is 2.45. The molecule has 122 valence electrons. The Morgan fingerprint density at radius 1 is 1.29 bits per heavy atom. The van der Waals surface area contributed by atoms with Crippen LogP contribution in [0.4, 0.5) is 0 Å². The molecule has 0 bridgehead atoms. The molecule has 0 aliphatic carbocycles. The molecular weight excluding hydrogens is 268 g/mol. The molecule has 0 saturated carbocycles. The molecule has 1 rings (SSSR count). The minimum Gasteiger partial charge on any atom is -0.465 e. The first-order chi connectivity index (χ1) is 10.0. The SMILES string of the molecule is CCOC(=O)CN(CC(C)C)C(=O)CCC1CCNCC1. The summed E-state index contributed by atoms with van der Waals surface area (Å²) in [6, 6.07) is 0. The van der Waals surface area contributed by atoms with E-state index in [0.717, 1.165) is 32.4 Å². The highest BCUT2D eigenvalue weighted by molar-refractivity contribution is 5.82. The molecule has 0 aromatic heterocycles. The summed E-state index contributed by atoms with van der Waals surface area (Å²) in [6.45, 7) is 9.05. The van der Waals surface area contributed by atoms with Crippen molar-refractivity contribution < 1.29 is 14.3 Å². The summed E-state index contributed by atoms with van der Waals surface area (Å²) in [5.74, 6) is 0.754. The van der Waals surface area contributed by atoms with Crippen LogP contribution in [0.25, 0.3) is 0 Å². The molecule has 5 nitrogen and oxygen atoms in total. The van der Waals surface area contributed by atoms with Crippen LogP contribution in [0.1, 0.15) is 46.5 Å². The Morgan fingerprint density at radius 3 is 2.52 bits per heavy atom. The van der Waals surface area contributed by atoms with Gasteiger partial charge < -0.3 is 15.0 Å². The monoisotopic (exact) mass is 298 g/mol. The lowest BCUT2D eigenvalue weighted by atomic mass is 9.93. The third-order valence-corrected chi connectivity index (χ3v) is 3.79. The Hall–Kier alpha value is -1.10. The molecule has 0 aromatic carbocycles. The van der Waals surface area contributed by atoms with Gasteiger partial charge >= 0.3 is 5.97 Å². The van der Waals surface area contributed by atoms with E-state index >= 15 is 0 Å². The van der Waals surface area contributed by atoms with E-state index in [2.05, 4.69) is 19.2 Å². The summed E-state index contributed by atoms with van der Waals surface area (Å²) >= 11 is 0. The van der Waals surface area contributed by atoms with Gasteiger partial charge in [0.1, 0.15) is 6.54 Å². The van der Waals surface area contributed by atoms with Crippen LogP contribution < -0.4 is 5.32 Å². The normalized spacial score (nSPS) is 16.0. The van der Waals surface area contributed by atoms with Gasteiger partial charge in [0, 0.05) is 13.0 Å². The van der Waals surface area contributed by atoms with E-state index in [4.69, 9.17) is 4.74 Å². The maximum Gasteiger partial charge on any atom is 0.325 e. The second kappa shape index (κ2) is 9.77. The fourth-order valence-corrected chi connectivity index (χ4v) is 2.71. The quantitative estimate of drug-likeness (QED) is 0.694. The molecular formula is C16H30N2O3. The molecule has 0 aromatic rings. The van der Waals surface area contributed by atoms with Crippen LogP contribution in [0, 0.1) is 11.8 Å².